The van der Waals surface area contributed by atoms with Crippen molar-refractivity contribution in [3.05, 3.63) is 22.4 Å². The summed E-state index contributed by atoms with van der Waals surface area (Å²) in [6.45, 7) is 1.09. The van der Waals surface area contributed by atoms with Crippen molar-refractivity contribution in [3.63, 3.8) is 0 Å². The second-order valence-electron chi connectivity index (χ2n) is 4.74. The first-order valence-corrected chi connectivity index (χ1v) is 6.55. The molecule has 2 fully saturated rings. The van der Waals surface area contributed by atoms with Crippen molar-refractivity contribution in [2.24, 2.45) is 11.8 Å². The molecule has 2 saturated carbocycles. The third-order valence-corrected chi connectivity index (χ3v) is 4.73. The molecule has 0 amide bonds. The van der Waals surface area contributed by atoms with Gasteiger partial charge in [-0.05, 0) is 42.5 Å². The molecule has 0 saturated heterocycles. The number of rotatable bonds is 3. The minimum atomic E-state index is 0.829. The first-order chi connectivity index (χ1) is 6.92. The molecule has 2 heteroatoms. The zero-order chi connectivity index (χ0) is 9.38. The predicted octanol–water partition coefficient (Wildman–Crippen LogP) is 3.03. The number of thiophene rings is 1. The Hall–Kier alpha value is -0.340. The van der Waals surface area contributed by atoms with Gasteiger partial charge in [-0.2, -0.15) is 0 Å². The van der Waals surface area contributed by atoms with Gasteiger partial charge in [0, 0.05) is 17.5 Å². The highest BCUT2D eigenvalue weighted by molar-refractivity contribution is 7.09. The van der Waals surface area contributed by atoms with Gasteiger partial charge in [0.2, 0.25) is 0 Å². The maximum absolute atomic E-state index is 3.73. The van der Waals surface area contributed by atoms with Gasteiger partial charge in [-0.3, -0.25) is 0 Å². The van der Waals surface area contributed by atoms with Crippen molar-refractivity contribution in [1.29, 1.82) is 0 Å². The molecule has 1 aromatic rings. The summed E-state index contributed by atoms with van der Waals surface area (Å²) in [5.74, 6) is 2.06. The zero-order valence-electron chi connectivity index (χ0n) is 8.41. The minimum absolute atomic E-state index is 0.829. The standard InChI is InChI=1S/C12H17NS/c1-2-11(14-5-1)8-13-12-7-9-3-4-10(12)6-9/h1-2,5,9-10,12-13H,3-4,6-8H2/t9-,10+,12-/m0/s1. The highest BCUT2D eigenvalue weighted by Gasteiger charge is 2.38. The molecule has 2 aliphatic rings. The monoisotopic (exact) mass is 207 g/mol. The summed E-state index contributed by atoms with van der Waals surface area (Å²) in [5.41, 5.74) is 0. The van der Waals surface area contributed by atoms with Crippen molar-refractivity contribution in [3.8, 4) is 0 Å². The molecule has 2 aliphatic carbocycles. The Morgan fingerprint density at radius 1 is 1.36 bits per heavy atom. The Morgan fingerprint density at radius 3 is 3.00 bits per heavy atom. The molecule has 14 heavy (non-hydrogen) atoms. The highest BCUT2D eigenvalue weighted by Crippen LogP contribution is 2.44. The lowest BCUT2D eigenvalue weighted by atomic mass is 9.95. The van der Waals surface area contributed by atoms with Crippen molar-refractivity contribution in [1.82, 2.24) is 5.32 Å². The van der Waals surface area contributed by atoms with Crippen LogP contribution in [0.5, 0.6) is 0 Å². The molecule has 0 radical (unpaired) electrons. The van der Waals surface area contributed by atoms with Crippen LogP contribution >= 0.6 is 11.3 Å². The van der Waals surface area contributed by atoms with Gasteiger partial charge >= 0.3 is 0 Å². The molecular weight excluding hydrogens is 190 g/mol. The highest BCUT2D eigenvalue weighted by atomic mass is 32.1. The molecule has 2 bridgehead atoms. The quantitative estimate of drug-likeness (QED) is 0.803. The third-order valence-electron chi connectivity index (χ3n) is 3.86. The van der Waals surface area contributed by atoms with Gasteiger partial charge in [0.1, 0.15) is 0 Å². The van der Waals surface area contributed by atoms with E-state index in [4.69, 9.17) is 0 Å². The van der Waals surface area contributed by atoms with Gasteiger partial charge in [-0.25, -0.2) is 0 Å². The van der Waals surface area contributed by atoms with E-state index in [1.54, 1.807) is 0 Å². The average molecular weight is 207 g/mol. The van der Waals surface area contributed by atoms with Crippen molar-refractivity contribution in [2.75, 3.05) is 0 Å². The first kappa shape index (κ1) is 8.93. The van der Waals surface area contributed by atoms with E-state index in [1.165, 1.54) is 30.6 Å². The van der Waals surface area contributed by atoms with Crippen LogP contribution in [0, 0.1) is 11.8 Å². The Labute approximate surface area is 89.5 Å². The number of fused-ring (bicyclic) bond motifs is 2. The van der Waals surface area contributed by atoms with E-state index in [0.717, 1.165) is 24.4 Å². The van der Waals surface area contributed by atoms with E-state index in [9.17, 15) is 0 Å². The maximum atomic E-state index is 3.73. The SMILES string of the molecule is c1csc(CN[C@H]2C[C@H]3CC[C@@H]2C3)c1. The van der Waals surface area contributed by atoms with Crippen LogP contribution in [0.15, 0.2) is 17.5 Å². The topological polar surface area (TPSA) is 12.0 Å². The lowest BCUT2D eigenvalue weighted by Gasteiger charge is -2.22. The predicted molar refractivity (Wildman–Crippen MR) is 60.4 cm³/mol. The van der Waals surface area contributed by atoms with Crippen molar-refractivity contribution < 1.29 is 0 Å². The molecule has 1 aromatic heterocycles. The van der Waals surface area contributed by atoms with Crippen LogP contribution in [0.3, 0.4) is 0 Å². The number of hydrogen-bond donors (Lipinski definition) is 1. The Morgan fingerprint density at radius 2 is 2.36 bits per heavy atom. The fraction of sp³-hybridized carbons (Fsp3) is 0.667. The average Bonchev–Trinajstić information content (AvgIpc) is 2.91. The van der Waals surface area contributed by atoms with Crippen LogP contribution in [0.4, 0.5) is 0 Å². The molecule has 1 nitrogen and oxygen atoms in total. The molecule has 3 rings (SSSR count). The molecule has 0 spiro atoms. The molecule has 0 unspecified atom stereocenters. The number of hydrogen-bond acceptors (Lipinski definition) is 2. The summed E-state index contributed by atoms with van der Waals surface area (Å²) in [6.07, 6.45) is 5.92. The second kappa shape index (κ2) is 3.67. The minimum Gasteiger partial charge on any atom is -0.309 e. The lowest BCUT2D eigenvalue weighted by Crippen LogP contribution is -2.33. The van der Waals surface area contributed by atoms with Crippen LogP contribution in [0.25, 0.3) is 0 Å². The van der Waals surface area contributed by atoms with Gasteiger partial charge in [0.25, 0.3) is 0 Å². The van der Waals surface area contributed by atoms with E-state index in [0.29, 0.717) is 0 Å². The summed E-state index contributed by atoms with van der Waals surface area (Å²) >= 11 is 1.86. The van der Waals surface area contributed by atoms with E-state index in [2.05, 4.69) is 22.8 Å². The van der Waals surface area contributed by atoms with Gasteiger partial charge in [-0.1, -0.05) is 12.5 Å². The Kier molecular flexibility index (Phi) is 2.34. The third kappa shape index (κ3) is 1.61. The van der Waals surface area contributed by atoms with Crippen LogP contribution in [-0.2, 0) is 6.54 Å². The Bertz CT molecular complexity index is 293. The van der Waals surface area contributed by atoms with E-state index >= 15 is 0 Å². The largest absolute Gasteiger partial charge is 0.309 e. The molecule has 1 N–H and O–H groups in total. The maximum Gasteiger partial charge on any atom is 0.0302 e. The van der Waals surface area contributed by atoms with Gasteiger partial charge in [0.15, 0.2) is 0 Å². The van der Waals surface area contributed by atoms with Crippen LogP contribution < -0.4 is 5.32 Å². The van der Waals surface area contributed by atoms with E-state index in [-0.39, 0.29) is 0 Å². The summed E-state index contributed by atoms with van der Waals surface area (Å²) in [6, 6.07) is 5.20. The molecule has 0 aromatic carbocycles. The molecule has 3 atom stereocenters. The van der Waals surface area contributed by atoms with Gasteiger partial charge in [-0.15, -0.1) is 11.3 Å². The summed E-state index contributed by atoms with van der Waals surface area (Å²) in [7, 11) is 0. The van der Waals surface area contributed by atoms with Gasteiger partial charge < -0.3 is 5.32 Å². The van der Waals surface area contributed by atoms with E-state index in [1.807, 2.05) is 11.3 Å². The zero-order valence-corrected chi connectivity index (χ0v) is 9.22. The molecule has 0 aliphatic heterocycles. The first-order valence-electron chi connectivity index (χ1n) is 5.67. The van der Waals surface area contributed by atoms with Crippen LogP contribution in [-0.4, -0.2) is 6.04 Å². The van der Waals surface area contributed by atoms with E-state index < -0.39 is 0 Å². The normalized spacial score (nSPS) is 35.3. The fourth-order valence-corrected chi connectivity index (χ4v) is 3.80. The van der Waals surface area contributed by atoms with Crippen molar-refractivity contribution >= 4 is 11.3 Å². The summed E-state index contributed by atoms with van der Waals surface area (Å²) < 4.78 is 0. The summed E-state index contributed by atoms with van der Waals surface area (Å²) in [4.78, 5) is 1.48. The smallest absolute Gasteiger partial charge is 0.0302 e. The van der Waals surface area contributed by atoms with Crippen LogP contribution in [0.2, 0.25) is 0 Å². The fourth-order valence-electron chi connectivity index (χ4n) is 3.14. The van der Waals surface area contributed by atoms with Crippen LogP contribution in [0.1, 0.15) is 30.6 Å². The second-order valence-corrected chi connectivity index (χ2v) is 5.77. The molecule has 1 heterocycles. The lowest BCUT2D eigenvalue weighted by molar-refractivity contribution is 0.351. The molecule has 76 valence electrons. The summed E-state index contributed by atoms with van der Waals surface area (Å²) in [5, 5.41) is 5.89. The Balaban J connectivity index is 1.54. The van der Waals surface area contributed by atoms with Crippen molar-refractivity contribution in [2.45, 2.75) is 38.3 Å². The van der Waals surface area contributed by atoms with Gasteiger partial charge in [0.05, 0.1) is 0 Å². The number of nitrogens with one attached hydrogen (secondary N) is 1. The molecular formula is C12H17NS.